The SMILES string of the molecule is N#Cc1c(-c2ccc3ccc(-c4ccccc4)nc3c2)nn([C@H]2C[C@@H](CN3CCC3)C2)c1N. The van der Waals surface area contributed by atoms with Crippen molar-refractivity contribution in [3.05, 3.63) is 66.2 Å². The molecule has 6 nitrogen and oxygen atoms in total. The van der Waals surface area contributed by atoms with Crippen molar-refractivity contribution >= 4 is 16.7 Å². The van der Waals surface area contributed by atoms with Crippen LogP contribution in [0.15, 0.2) is 60.7 Å². The average Bonchev–Trinajstić information content (AvgIpc) is 3.12. The number of nitrogens with zero attached hydrogens (tertiary/aromatic N) is 5. The molecule has 0 radical (unpaired) electrons. The van der Waals surface area contributed by atoms with Crippen molar-refractivity contribution in [3.8, 4) is 28.6 Å². The van der Waals surface area contributed by atoms with Gasteiger partial charge in [-0.1, -0.05) is 48.5 Å². The second kappa shape index (κ2) is 8.02. The van der Waals surface area contributed by atoms with Crippen LogP contribution in [-0.4, -0.2) is 39.3 Å². The zero-order valence-corrected chi connectivity index (χ0v) is 18.5. The Kier molecular flexibility index (Phi) is 4.85. The van der Waals surface area contributed by atoms with Crippen molar-refractivity contribution in [1.29, 1.82) is 5.26 Å². The van der Waals surface area contributed by atoms with E-state index in [4.69, 9.17) is 15.8 Å². The fourth-order valence-corrected chi connectivity index (χ4v) is 5.05. The van der Waals surface area contributed by atoms with E-state index in [0.717, 1.165) is 40.6 Å². The molecule has 0 bridgehead atoms. The number of nitrogen functional groups attached to an aromatic ring is 1. The average molecular weight is 435 g/mol. The van der Waals surface area contributed by atoms with Gasteiger partial charge in [-0.3, -0.25) is 0 Å². The van der Waals surface area contributed by atoms with Gasteiger partial charge in [0, 0.05) is 23.1 Å². The highest BCUT2D eigenvalue weighted by atomic mass is 15.3. The fourth-order valence-electron chi connectivity index (χ4n) is 5.05. The van der Waals surface area contributed by atoms with Crippen LogP contribution in [0.2, 0.25) is 0 Å². The van der Waals surface area contributed by atoms with Gasteiger partial charge in [-0.05, 0) is 50.4 Å². The van der Waals surface area contributed by atoms with Crippen molar-refractivity contribution < 1.29 is 0 Å². The Morgan fingerprint density at radius 2 is 1.79 bits per heavy atom. The molecular weight excluding hydrogens is 408 g/mol. The summed E-state index contributed by atoms with van der Waals surface area (Å²) in [5.74, 6) is 1.18. The Morgan fingerprint density at radius 3 is 2.52 bits per heavy atom. The van der Waals surface area contributed by atoms with Crippen molar-refractivity contribution in [3.63, 3.8) is 0 Å². The van der Waals surface area contributed by atoms with E-state index in [2.05, 4.69) is 29.2 Å². The maximum absolute atomic E-state index is 9.86. The largest absolute Gasteiger partial charge is 0.383 e. The number of hydrogen-bond acceptors (Lipinski definition) is 5. The summed E-state index contributed by atoms with van der Waals surface area (Å²) in [4.78, 5) is 7.40. The van der Waals surface area contributed by atoms with E-state index >= 15 is 0 Å². The summed E-state index contributed by atoms with van der Waals surface area (Å²) >= 11 is 0. The lowest BCUT2D eigenvalue weighted by atomic mass is 9.79. The van der Waals surface area contributed by atoms with Crippen LogP contribution in [0.3, 0.4) is 0 Å². The summed E-state index contributed by atoms with van der Waals surface area (Å²) < 4.78 is 1.89. The van der Waals surface area contributed by atoms with Crippen LogP contribution < -0.4 is 5.73 Å². The third-order valence-corrected chi connectivity index (χ3v) is 7.12. The molecule has 1 aliphatic heterocycles. The second-order valence-corrected chi connectivity index (χ2v) is 9.28. The molecule has 6 rings (SSSR count). The fraction of sp³-hybridized carbons (Fsp3) is 0.296. The van der Waals surface area contributed by atoms with E-state index in [1.165, 1.54) is 26.1 Å². The molecule has 164 valence electrons. The van der Waals surface area contributed by atoms with E-state index in [1.54, 1.807) is 0 Å². The van der Waals surface area contributed by atoms with Gasteiger partial charge < -0.3 is 10.6 Å². The zero-order chi connectivity index (χ0) is 22.4. The molecule has 6 heteroatoms. The van der Waals surface area contributed by atoms with Crippen LogP contribution in [0, 0.1) is 17.2 Å². The lowest BCUT2D eigenvalue weighted by molar-refractivity contribution is 0.0874. The van der Waals surface area contributed by atoms with Crippen molar-refractivity contribution in [1.82, 2.24) is 19.7 Å². The van der Waals surface area contributed by atoms with Gasteiger partial charge in [-0.2, -0.15) is 10.4 Å². The van der Waals surface area contributed by atoms with Gasteiger partial charge in [-0.15, -0.1) is 0 Å². The molecule has 1 saturated heterocycles. The predicted octanol–water partition coefficient (Wildman–Crippen LogP) is 4.88. The topological polar surface area (TPSA) is 83.8 Å². The molecule has 0 atom stereocenters. The van der Waals surface area contributed by atoms with Crippen LogP contribution >= 0.6 is 0 Å². The monoisotopic (exact) mass is 434 g/mol. The molecule has 0 spiro atoms. The van der Waals surface area contributed by atoms with Crippen LogP contribution in [0.4, 0.5) is 5.82 Å². The second-order valence-electron chi connectivity index (χ2n) is 9.28. The number of rotatable bonds is 5. The van der Waals surface area contributed by atoms with Crippen LogP contribution in [-0.2, 0) is 0 Å². The first-order valence-electron chi connectivity index (χ1n) is 11.7. The van der Waals surface area contributed by atoms with Crippen molar-refractivity contribution in [2.75, 3.05) is 25.4 Å². The van der Waals surface area contributed by atoms with E-state index in [-0.39, 0.29) is 6.04 Å². The standard InChI is InChI=1S/C27H26N6/c28-16-23-26(31-33(27(23)29)22-13-18(14-22)17-32-11-4-12-32)21-8-7-20-9-10-24(30-25(20)15-21)19-5-2-1-3-6-19/h1-3,5-10,15,18,22H,4,11-14,17,29H2/t18-,22+. The number of anilines is 1. The van der Waals surface area contributed by atoms with Crippen LogP contribution in [0.1, 0.15) is 30.9 Å². The molecule has 4 aromatic rings. The van der Waals surface area contributed by atoms with E-state index in [1.807, 2.05) is 47.1 Å². The number of benzene rings is 2. The zero-order valence-electron chi connectivity index (χ0n) is 18.5. The number of pyridine rings is 1. The van der Waals surface area contributed by atoms with Gasteiger partial charge in [0.25, 0.3) is 0 Å². The molecule has 2 N–H and O–H groups in total. The molecule has 0 unspecified atom stereocenters. The Morgan fingerprint density at radius 1 is 1.00 bits per heavy atom. The van der Waals surface area contributed by atoms with E-state index in [0.29, 0.717) is 23.0 Å². The summed E-state index contributed by atoms with van der Waals surface area (Å²) in [5, 5.41) is 15.7. The first-order chi connectivity index (χ1) is 16.2. The molecule has 1 aliphatic carbocycles. The highest BCUT2D eigenvalue weighted by Crippen LogP contribution is 2.42. The van der Waals surface area contributed by atoms with Gasteiger partial charge >= 0.3 is 0 Å². The highest BCUT2D eigenvalue weighted by Gasteiger charge is 2.35. The highest BCUT2D eigenvalue weighted by molar-refractivity contribution is 5.87. The number of hydrogen-bond donors (Lipinski definition) is 1. The predicted molar refractivity (Wildman–Crippen MR) is 130 cm³/mol. The summed E-state index contributed by atoms with van der Waals surface area (Å²) in [6, 6.07) is 22.9. The molecule has 3 heterocycles. The third kappa shape index (κ3) is 3.55. The molecule has 1 saturated carbocycles. The minimum atomic E-state index is 0.278. The van der Waals surface area contributed by atoms with Crippen LogP contribution in [0.5, 0.6) is 0 Å². The van der Waals surface area contributed by atoms with Gasteiger partial charge in [0.15, 0.2) is 0 Å². The van der Waals surface area contributed by atoms with E-state index < -0.39 is 0 Å². The molecular formula is C27H26N6. The number of aromatic nitrogens is 3. The van der Waals surface area contributed by atoms with Crippen molar-refractivity contribution in [2.24, 2.45) is 5.92 Å². The molecule has 0 amide bonds. The van der Waals surface area contributed by atoms with Crippen molar-refractivity contribution in [2.45, 2.75) is 25.3 Å². The maximum Gasteiger partial charge on any atom is 0.140 e. The summed E-state index contributed by atoms with van der Waals surface area (Å²) in [6.45, 7) is 3.64. The minimum absolute atomic E-state index is 0.278. The third-order valence-electron chi connectivity index (χ3n) is 7.12. The number of nitrogens with two attached hydrogens (primary N) is 1. The Hall–Kier alpha value is -3.69. The van der Waals surface area contributed by atoms with Gasteiger partial charge in [0.1, 0.15) is 23.1 Å². The Balaban J connectivity index is 1.31. The molecule has 33 heavy (non-hydrogen) atoms. The molecule has 2 aromatic heterocycles. The Labute approximate surface area is 193 Å². The minimum Gasteiger partial charge on any atom is -0.383 e. The lowest BCUT2D eigenvalue weighted by Crippen LogP contribution is -2.44. The van der Waals surface area contributed by atoms with Gasteiger partial charge in [-0.25, -0.2) is 9.67 Å². The summed E-state index contributed by atoms with van der Waals surface area (Å²) in [5.41, 5.74) is 11.3. The lowest BCUT2D eigenvalue weighted by Gasteiger charge is -2.41. The first kappa shape index (κ1) is 20.0. The first-order valence-corrected chi connectivity index (χ1v) is 11.7. The molecule has 2 aromatic carbocycles. The summed E-state index contributed by atoms with van der Waals surface area (Å²) in [6.07, 6.45) is 3.48. The van der Waals surface area contributed by atoms with Gasteiger partial charge in [0.05, 0.1) is 17.3 Å². The quantitative estimate of drug-likeness (QED) is 0.484. The smallest absolute Gasteiger partial charge is 0.140 e. The molecule has 2 aliphatic rings. The normalized spacial score (nSPS) is 20.2. The van der Waals surface area contributed by atoms with E-state index in [9.17, 15) is 5.26 Å². The molecule has 2 fully saturated rings. The van der Waals surface area contributed by atoms with Gasteiger partial charge in [0.2, 0.25) is 0 Å². The maximum atomic E-state index is 9.86. The Bertz CT molecular complexity index is 1360. The number of fused-ring (bicyclic) bond motifs is 1. The van der Waals surface area contributed by atoms with Crippen LogP contribution in [0.25, 0.3) is 33.4 Å². The number of nitriles is 1. The number of likely N-dealkylation sites (tertiary alicyclic amines) is 1. The summed E-state index contributed by atoms with van der Waals surface area (Å²) in [7, 11) is 0.